The van der Waals surface area contributed by atoms with Crippen molar-refractivity contribution >= 4 is 11.6 Å². The van der Waals surface area contributed by atoms with Crippen molar-refractivity contribution in [2.45, 2.75) is 52.7 Å². The molecule has 2 unspecified atom stereocenters. The maximum Gasteiger partial charge on any atom is 0.270 e. The molecule has 1 fully saturated rings. The lowest BCUT2D eigenvalue weighted by Gasteiger charge is -2.14. The fourth-order valence-corrected chi connectivity index (χ4v) is 4.15. The number of halogens is 2. The van der Waals surface area contributed by atoms with Gasteiger partial charge in [-0.1, -0.05) is 13.0 Å². The topological polar surface area (TPSA) is 55.6 Å². The standard InChI is InChI=1S/C23H25F2N3O2/c1-13-7-8-16(9-13)27-23(29)21-15(3)26-22-20(10-14(2)11-28(21)22)30-12-17-18(24)5-4-6-19(17)25/h4-6,10-11,13,16H,7-9,12H2,1-3H3,(H,27,29). The van der Waals surface area contributed by atoms with Gasteiger partial charge < -0.3 is 10.1 Å². The van der Waals surface area contributed by atoms with Gasteiger partial charge in [0.05, 0.1) is 11.3 Å². The van der Waals surface area contributed by atoms with Crippen molar-refractivity contribution in [2.75, 3.05) is 0 Å². The molecule has 1 saturated carbocycles. The smallest absolute Gasteiger partial charge is 0.270 e. The van der Waals surface area contributed by atoms with Gasteiger partial charge in [-0.3, -0.25) is 9.20 Å². The monoisotopic (exact) mass is 413 g/mol. The molecule has 1 N–H and O–H groups in total. The number of hydrogen-bond donors (Lipinski definition) is 1. The van der Waals surface area contributed by atoms with Gasteiger partial charge in [0.15, 0.2) is 11.4 Å². The number of imidazole rings is 1. The summed E-state index contributed by atoms with van der Waals surface area (Å²) in [6, 6.07) is 5.62. The zero-order valence-corrected chi connectivity index (χ0v) is 17.3. The van der Waals surface area contributed by atoms with E-state index in [4.69, 9.17) is 4.74 Å². The number of ether oxygens (including phenoxy) is 1. The first-order valence-electron chi connectivity index (χ1n) is 10.2. The molecule has 2 aromatic heterocycles. The lowest BCUT2D eigenvalue weighted by molar-refractivity contribution is 0.0930. The third-order valence-corrected chi connectivity index (χ3v) is 5.68. The molecule has 3 aromatic rings. The first kappa shape index (κ1) is 20.3. The Bertz CT molecular complexity index is 1090. The molecule has 4 rings (SSSR count). The summed E-state index contributed by atoms with van der Waals surface area (Å²) in [6.07, 6.45) is 4.88. The summed E-state index contributed by atoms with van der Waals surface area (Å²) in [5.41, 5.74) is 2.17. The van der Waals surface area contributed by atoms with E-state index in [2.05, 4.69) is 17.2 Å². The van der Waals surface area contributed by atoms with Crippen LogP contribution in [0.5, 0.6) is 5.75 Å². The largest absolute Gasteiger partial charge is 0.485 e. The first-order valence-corrected chi connectivity index (χ1v) is 10.2. The second-order valence-electron chi connectivity index (χ2n) is 8.20. The Hall–Kier alpha value is -2.96. The van der Waals surface area contributed by atoms with Crippen LogP contribution in [-0.2, 0) is 6.61 Å². The van der Waals surface area contributed by atoms with Crippen LogP contribution in [0.3, 0.4) is 0 Å². The number of rotatable bonds is 5. The number of carbonyl (C=O) groups is 1. The molecule has 0 spiro atoms. The third-order valence-electron chi connectivity index (χ3n) is 5.68. The van der Waals surface area contributed by atoms with E-state index >= 15 is 0 Å². The highest BCUT2D eigenvalue weighted by Crippen LogP contribution is 2.28. The Morgan fingerprint density at radius 3 is 2.67 bits per heavy atom. The van der Waals surface area contributed by atoms with Crippen LogP contribution in [0.1, 0.15) is 53.5 Å². The maximum absolute atomic E-state index is 13.9. The molecule has 0 saturated heterocycles. The molecule has 0 aliphatic heterocycles. The Morgan fingerprint density at radius 2 is 2.00 bits per heavy atom. The number of hydrogen-bond acceptors (Lipinski definition) is 3. The van der Waals surface area contributed by atoms with E-state index in [1.54, 1.807) is 17.4 Å². The molecule has 2 atom stereocenters. The number of aromatic nitrogens is 2. The van der Waals surface area contributed by atoms with Crippen molar-refractivity contribution < 1.29 is 18.3 Å². The average Bonchev–Trinajstić information content (AvgIpc) is 3.23. The minimum Gasteiger partial charge on any atom is -0.485 e. The van der Waals surface area contributed by atoms with Crippen LogP contribution >= 0.6 is 0 Å². The van der Waals surface area contributed by atoms with Crippen LogP contribution in [0.25, 0.3) is 5.65 Å². The summed E-state index contributed by atoms with van der Waals surface area (Å²) < 4.78 is 35.3. The summed E-state index contributed by atoms with van der Waals surface area (Å²) in [7, 11) is 0. The van der Waals surface area contributed by atoms with Gasteiger partial charge in [-0.15, -0.1) is 0 Å². The molecule has 1 aliphatic carbocycles. The van der Waals surface area contributed by atoms with E-state index in [1.165, 1.54) is 18.2 Å². The normalized spacial score (nSPS) is 18.7. The fourth-order valence-electron chi connectivity index (χ4n) is 4.15. The zero-order valence-electron chi connectivity index (χ0n) is 17.3. The van der Waals surface area contributed by atoms with Crippen LogP contribution in [0.4, 0.5) is 8.78 Å². The summed E-state index contributed by atoms with van der Waals surface area (Å²) in [4.78, 5) is 17.5. The first-order chi connectivity index (χ1) is 14.3. The molecule has 158 valence electrons. The van der Waals surface area contributed by atoms with Gasteiger partial charge in [-0.05, 0) is 62.8 Å². The molecule has 1 amide bonds. The minimum absolute atomic E-state index is 0.145. The number of aryl methyl sites for hydroxylation is 2. The number of nitrogens with one attached hydrogen (secondary N) is 1. The molecule has 30 heavy (non-hydrogen) atoms. The quantitative estimate of drug-likeness (QED) is 0.658. The number of amides is 1. The number of pyridine rings is 1. The second kappa shape index (κ2) is 8.05. The van der Waals surface area contributed by atoms with Gasteiger partial charge in [0.1, 0.15) is 23.9 Å². The van der Waals surface area contributed by atoms with Crippen LogP contribution in [-0.4, -0.2) is 21.3 Å². The van der Waals surface area contributed by atoms with Gasteiger partial charge in [-0.2, -0.15) is 0 Å². The Labute approximate surface area is 174 Å². The molecule has 1 aliphatic rings. The van der Waals surface area contributed by atoms with Crippen molar-refractivity contribution in [2.24, 2.45) is 5.92 Å². The molecule has 7 heteroatoms. The number of benzene rings is 1. The van der Waals surface area contributed by atoms with E-state index in [9.17, 15) is 13.6 Å². The molecular weight excluding hydrogens is 388 g/mol. The van der Waals surface area contributed by atoms with Crippen LogP contribution < -0.4 is 10.1 Å². The lowest BCUT2D eigenvalue weighted by Crippen LogP contribution is -2.34. The van der Waals surface area contributed by atoms with Gasteiger partial charge in [0.2, 0.25) is 0 Å². The van der Waals surface area contributed by atoms with Gasteiger partial charge >= 0.3 is 0 Å². The van der Waals surface area contributed by atoms with Crippen LogP contribution in [0.15, 0.2) is 30.5 Å². The van der Waals surface area contributed by atoms with E-state index in [0.29, 0.717) is 28.7 Å². The molecular formula is C23H25F2N3O2. The van der Waals surface area contributed by atoms with Crippen molar-refractivity contribution in [3.8, 4) is 5.75 Å². The third kappa shape index (κ3) is 3.88. The molecule has 0 bridgehead atoms. The Kier molecular flexibility index (Phi) is 5.45. The van der Waals surface area contributed by atoms with Crippen LogP contribution in [0, 0.1) is 31.4 Å². The predicted octanol–water partition coefficient (Wildman–Crippen LogP) is 4.73. The summed E-state index contributed by atoms with van der Waals surface area (Å²) >= 11 is 0. The van der Waals surface area contributed by atoms with E-state index in [0.717, 1.165) is 24.8 Å². The SMILES string of the molecule is Cc1cc(OCc2c(F)cccc2F)c2nc(C)c(C(=O)NC3CCC(C)C3)n2c1. The summed E-state index contributed by atoms with van der Waals surface area (Å²) in [6.45, 7) is 5.56. The Balaban J connectivity index is 1.64. The van der Waals surface area contributed by atoms with Crippen molar-refractivity contribution in [3.63, 3.8) is 0 Å². The Morgan fingerprint density at radius 1 is 1.27 bits per heavy atom. The minimum atomic E-state index is -0.663. The maximum atomic E-state index is 13.9. The van der Waals surface area contributed by atoms with Gasteiger partial charge in [0, 0.05) is 12.2 Å². The lowest BCUT2D eigenvalue weighted by atomic mass is 10.1. The van der Waals surface area contributed by atoms with E-state index < -0.39 is 11.6 Å². The van der Waals surface area contributed by atoms with Crippen molar-refractivity contribution in [1.29, 1.82) is 0 Å². The van der Waals surface area contributed by atoms with E-state index in [-0.39, 0.29) is 24.1 Å². The highest BCUT2D eigenvalue weighted by molar-refractivity contribution is 5.95. The zero-order chi connectivity index (χ0) is 21.4. The number of nitrogens with zero attached hydrogens (tertiary/aromatic N) is 2. The number of fused-ring (bicyclic) bond motifs is 1. The fraction of sp³-hybridized carbons (Fsp3) is 0.391. The molecule has 1 aromatic carbocycles. The molecule has 2 heterocycles. The molecule has 0 radical (unpaired) electrons. The summed E-state index contributed by atoms with van der Waals surface area (Å²) in [5, 5.41) is 3.12. The van der Waals surface area contributed by atoms with Crippen LogP contribution in [0.2, 0.25) is 0 Å². The van der Waals surface area contributed by atoms with Crippen molar-refractivity contribution in [3.05, 3.63) is 64.6 Å². The average molecular weight is 413 g/mol. The summed E-state index contributed by atoms with van der Waals surface area (Å²) in [5.74, 6) is -0.516. The highest BCUT2D eigenvalue weighted by atomic mass is 19.1. The predicted molar refractivity (Wildman–Crippen MR) is 110 cm³/mol. The second-order valence-corrected chi connectivity index (χ2v) is 8.20. The van der Waals surface area contributed by atoms with Gasteiger partial charge in [0.25, 0.3) is 5.91 Å². The van der Waals surface area contributed by atoms with Gasteiger partial charge in [-0.25, -0.2) is 13.8 Å². The van der Waals surface area contributed by atoms with Crippen molar-refractivity contribution in [1.82, 2.24) is 14.7 Å². The number of carbonyl (C=O) groups excluding carboxylic acids is 1. The highest BCUT2D eigenvalue weighted by Gasteiger charge is 2.26. The van der Waals surface area contributed by atoms with E-state index in [1.807, 2.05) is 13.1 Å². The molecule has 5 nitrogen and oxygen atoms in total.